The lowest BCUT2D eigenvalue weighted by Gasteiger charge is -2.23. The zero-order valence-electron chi connectivity index (χ0n) is 16.2. The highest BCUT2D eigenvalue weighted by Gasteiger charge is 2.16. The van der Waals surface area contributed by atoms with E-state index in [4.69, 9.17) is 4.74 Å². The van der Waals surface area contributed by atoms with Crippen LogP contribution in [0.2, 0.25) is 0 Å². The Bertz CT molecular complexity index is 857. The highest BCUT2D eigenvalue weighted by Crippen LogP contribution is 2.20. The highest BCUT2D eigenvalue weighted by atomic mass is 16.5. The van der Waals surface area contributed by atoms with Crippen molar-refractivity contribution in [3.05, 3.63) is 64.7 Å². The van der Waals surface area contributed by atoms with Crippen LogP contribution in [0.1, 0.15) is 27.0 Å². The van der Waals surface area contributed by atoms with Gasteiger partial charge in [-0.05, 0) is 53.9 Å². The largest absolute Gasteiger partial charge is 0.378 e. The average molecular weight is 378 g/mol. The van der Waals surface area contributed by atoms with Gasteiger partial charge in [-0.3, -0.25) is 9.80 Å². The van der Waals surface area contributed by atoms with Crippen LogP contribution in [0.15, 0.2) is 47.6 Å². The number of rotatable bonds is 4. The van der Waals surface area contributed by atoms with Crippen molar-refractivity contribution in [2.24, 2.45) is 5.10 Å². The quantitative estimate of drug-likeness (QED) is 0.830. The van der Waals surface area contributed by atoms with E-state index in [2.05, 4.69) is 16.5 Å². The normalized spacial score (nSPS) is 16.8. The van der Waals surface area contributed by atoms with Crippen molar-refractivity contribution < 1.29 is 9.53 Å². The van der Waals surface area contributed by atoms with E-state index in [1.807, 2.05) is 54.7 Å². The first-order valence-corrected chi connectivity index (χ1v) is 9.78. The molecule has 0 aromatic heterocycles. The molecule has 6 nitrogen and oxygen atoms in total. The number of nitrogens with one attached hydrogen (secondary N) is 1. The van der Waals surface area contributed by atoms with Gasteiger partial charge in [0.2, 0.25) is 0 Å². The third-order valence-electron chi connectivity index (χ3n) is 5.28. The van der Waals surface area contributed by atoms with Crippen molar-refractivity contribution in [2.45, 2.75) is 13.0 Å². The Labute approximate surface area is 165 Å². The van der Waals surface area contributed by atoms with Crippen LogP contribution in [0.25, 0.3) is 0 Å². The highest BCUT2D eigenvalue weighted by molar-refractivity contribution is 6.06. The molecule has 0 saturated carbocycles. The lowest BCUT2D eigenvalue weighted by Crippen LogP contribution is -2.32. The van der Waals surface area contributed by atoms with Crippen LogP contribution >= 0.6 is 0 Å². The molecule has 1 fully saturated rings. The molecular formula is C22H26N4O2. The van der Waals surface area contributed by atoms with Gasteiger partial charge < -0.3 is 15.0 Å². The molecule has 146 valence electrons. The molecule has 2 aliphatic rings. The fourth-order valence-electron chi connectivity index (χ4n) is 3.53. The van der Waals surface area contributed by atoms with Gasteiger partial charge >= 0.3 is 0 Å². The summed E-state index contributed by atoms with van der Waals surface area (Å²) in [4.78, 5) is 14.6. The van der Waals surface area contributed by atoms with Crippen LogP contribution in [0, 0.1) is 0 Å². The fourth-order valence-corrected chi connectivity index (χ4v) is 3.53. The molecule has 1 amide bonds. The minimum atomic E-state index is 0.00288. The number of morpholine rings is 1. The first-order valence-electron chi connectivity index (χ1n) is 9.78. The van der Waals surface area contributed by atoms with Gasteiger partial charge in [-0.2, -0.15) is 5.10 Å². The van der Waals surface area contributed by atoms with E-state index >= 15 is 0 Å². The van der Waals surface area contributed by atoms with Crippen LogP contribution < -0.4 is 10.2 Å². The second-order valence-electron chi connectivity index (χ2n) is 7.18. The number of anilines is 1. The van der Waals surface area contributed by atoms with Gasteiger partial charge in [-0.25, -0.2) is 0 Å². The number of nitrogens with zero attached hydrogens (tertiary/aromatic N) is 3. The Morgan fingerprint density at radius 2 is 1.93 bits per heavy atom. The Morgan fingerprint density at radius 3 is 2.71 bits per heavy atom. The van der Waals surface area contributed by atoms with Gasteiger partial charge in [-0.1, -0.05) is 18.2 Å². The van der Waals surface area contributed by atoms with Crippen molar-refractivity contribution in [2.75, 3.05) is 44.8 Å². The first kappa shape index (κ1) is 18.7. The molecule has 2 aromatic rings. The van der Waals surface area contributed by atoms with Crippen molar-refractivity contribution in [1.29, 1.82) is 0 Å². The molecular weight excluding hydrogens is 352 g/mol. The van der Waals surface area contributed by atoms with Crippen LogP contribution in [0.4, 0.5) is 5.69 Å². The number of carbonyl (C=O) groups is 1. The number of ether oxygens (including phenoxy) is 1. The monoisotopic (exact) mass is 378 g/mol. The number of hydrogen-bond donors (Lipinski definition) is 1. The molecule has 0 atom stereocenters. The van der Waals surface area contributed by atoms with Gasteiger partial charge in [-0.15, -0.1) is 0 Å². The lowest BCUT2D eigenvalue weighted by molar-refractivity contribution is 0.0397. The maximum absolute atomic E-state index is 12.9. The SMILES string of the molecule is CN(C(=O)c1ccc2c(c1)CNCC2)c1ccc(C=NN2CCOCC2)cc1. The van der Waals surface area contributed by atoms with Crippen LogP contribution in [-0.2, 0) is 17.7 Å². The molecule has 0 bridgehead atoms. The van der Waals surface area contributed by atoms with Gasteiger partial charge in [0.15, 0.2) is 0 Å². The molecule has 0 spiro atoms. The number of carbonyl (C=O) groups excluding carboxylic acids is 1. The minimum absolute atomic E-state index is 0.00288. The van der Waals surface area contributed by atoms with Crippen molar-refractivity contribution in [3.63, 3.8) is 0 Å². The molecule has 28 heavy (non-hydrogen) atoms. The van der Waals surface area contributed by atoms with E-state index in [0.717, 1.165) is 62.6 Å². The standard InChI is InChI=1S/C22H26N4O2/c1-25(22(27)19-5-4-18-8-9-23-16-20(18)14-19)21-6-2-17(3-7-21)15-24-26-10-12-28-13-11-26/h2-7,14-15,23H,8-13,16H2,1H3. The molecule has 1 N–H and O–H groups in total. The summed E-state index contributed by atoms with van der Waals surface area (Å²) in [6.07, 6.45) is 2.88. The Hall–Kier alpha value is -2.70. The van der Waals surface area contributed by atoms with E-state index in [1.54, 1.807) is 4.90 Å². The summed E-state index contributed by atoms with van der Waals surface area (Å²) in [7, 11) is 1.82. The van der Waals surface area contributed by atoms with Crippen molar-refractivity contribution in [1.82, 2.24) is 10.3 Å². The zero-order chi connectivity index (χ0) is 19.3. The average Bonchev–Trinajstić information content (AvgIpc) is 2.77. The topological polar surface area (TPSA) is 57.2 Å². The predicted octanol–water partition coefficient (Wildman–Crippen LogP) is 2.28. The maximum atomic E-state index is 12.9. The van der Waals surface area contributed by atoms with E-state index in [-0.39, 0.29) is 5.91 Å². The first-order chi connectivity index (χ1) is 13.7. The summed E-state index contributed by atoms with van der Waals surface area (Å²) in [5.41, 5.74) is 5.16. The summed E-state index contributed by atoms with van der Waals surface area (Å²) in [6, 6.07) is 13.9. The van der Waals surface area contributed by atoms with Crippen molar-refractivity contribution in [3.8, 4) is 0 Å². The molecule has 0 radical (unpaired) electrons. The summed E-state index contributed by atoms with van der Waals surface area (Å²) in [5, 5.41) is 9.87. The summed E-state index contributed by atoms with van der Waals surface area (Å²) < 4.78 is 5.33. The van der Waals surface area contributed by atoms with E-state index in [9.17, 15) is 4.79 Å². The van der Waals surface area contributed by atoms with Gasteiger partial charge in [0.1, 0.15) is 0 Å². The van der Waals surface area contributed by atoms with Crippen LogP contribution in [0.3, 0.4) is 0 Å². The number of benzene rings is 2. The predicted molar refractivity (Wildman–Crippen MR) is 111 cm³/mol. The number of amides is 1. The summed E-state index contributed by atoms with van der Waals surface area (Å²) in [6.45, 7) is 4.92. The Morgan fingerprint density at radius 1 is 1.14 bits per heavy atom. The number of fused-ring (bicyclic) bond motifs is 1. The van der Waals surface area contributed by atoms with Gasteiger partial charge in [0.25, 0.3) is 5.91 Å². The maximum Gasteiger partial charge on any atom is 0.258 e. The number of hydrazone groups is 1. The fraction of sp³-hybridized carbons (Fsp3) is 0.364. The van der Waals surface area contributed by atoms with Gasteiger partial charge in [0.05, 0.1) is 32.5 Å². The molecule has 0 unspecified atom stereocenters. The van der Waals surface area contributed by atoms with Crippen molar-refractivity contribution >= 4 is 17.8 Å². The molecule has 0 aliphatic carbocycles. The van der Waals surface area contributed by atoms with E-state index < -0.39 is 0 Å². The zero-order valence-corrected chi connectivity index (χ0v) is 16.2. The van der Waals surface area contributed by atoms with E-state index in [0.29, 0.717) is 0 Å². The Kier molecular flexibility index (Phi) is 5.69. The second-order valence-corrected chi connectivity index (χ2v) is 7.18. The minimum Gasteiger partial charge on any atom is -0.378 e. The Balaban J connectivity index is 1.43. The molecule has 2 aliphatic heterocycles. The van der Waals surface area contributed by atoms with Crippen LogP contribution in [0.5, 0.6) is 0 Å². The lowest BCUT2D eigenvalue weighted by atomic mass is 9.98. The molecule has 6 heteroatoms. The number of hydrogen-bond acceptors (Lipinski definition) is 5. The van der Waals surface area contributed by atoms with E-state index in [1.165, 1.54) is 11.1 Å². The molecule has 4 rings (SSSR count). The second kappa shape index (κ2) is 8.54. The smallest absolute Gasteiger partial charge is 0.258 e. The van der Waals surface area contributed by atoms with Gasteiger partial charge in [0, 0.05) is 24.8 Å². The molecule has 2 aromatic carbocycles. The van der Waals surface area contributed by atoms with Crippen LogP contribution in [-0.4, -0.2) is 57.0 Å². The molecule has 2 heterocycles. The summed E-state index contributed by atoms with van der Waals surface area (Å²) >= 11 is 0. The third kappa shape index (κ3) is 4.24. The third-order valence-corrected chi connectivity index (χ3v) is 5.28. The summed E-state index contributed by atoms with van der Waals surface area (Å²) in [5.74, 6) is 0.00288. The molecule has 1 saturated heterocycles.